The zero-order chi connectivity index (χ0) is 54.8. The lowest BCUT2D eigenvalue weighted by Gasteiger charge is -2.42. The number of aliphatic hydroxyl groups excluding tert-OH is 2. The molecule has 0 spiro atoms. The monoisotopic (exact) mass is 1090 g/mol. The Labute approximate surface area is 445 Å². The number of epoxide rings is 1. The molecule has 11 atom stereocenters. The highest BCUT2D eigenvalue weighted by Crippen LogP contribution is 2.49. The Kier molecular flexibility index (Phi) is 21.5. The number of imide groups is 1. The van der Waals surface area contributed by atoms with Crippen LogP contribution >= 0.6 is 35.6 Å². The van der Waals surface area contributed by atoms with Gasteiger partial charge in [-0.05, 0) is 62.9 Å². The first kappa shape index (κ1) is 60.2. The molecule has 1 aromatic rings. The third kappa shape index (κ3) is 14.0. The predicted molar refractivity (Wildman–Crippen MR) is 276 cm³/mol. The van der Waals surface area contributed by atoms with Gasteiger partial charge in [-0.2, -0.15) is 11.8 Å². The number of thiocarbonyl (C=S) groups is 1. The second-order valence-electron chi connectivity index (χ2n) is 19.5. The summed E-state index contributed by atoms with van der Waals surface area (Å²) in [7, 11) is 2.84. The molecule has 3 saturated heterocycles. The SMILES string of the molecule is C=S.CSC1CC(=O)C(CCOCCOCCN2C(=O)CC(CC(=O)N(C)[C@@H](C)C(=O)O[C@H]3CC(=O)N(C)c4cc(cc(CO)c4Cl)C/C(C)=C/C=C/[C@@H](CO)[C@@]4(O)C[C@H](OC(=O)N4)[C@@H](C)[C@@H]4O[C@@]34C)C2=O)C1=O. The van der Waals surface area contributed by atoms with Crippen LogP contribution in [0, 0.1) is 23.7 Å². The molecule has 4 bridgehead atoms. The summed E-state index contributed by atoms with van der Waals surface area (Å²) in [6.45, 7) is 6.12. The minimum atomic E-state index is -1.93. The number of benzene rings is 1. The average molecular weight is 1090 g/mol. The largest absolute Gasteiger partial charge is 0.457 e. The number of Topliss-reactive ketones (excluding diaryl/α,β-unsaturated/α-hetero) is 2. The number of carbonyl (C=O) groups is 8. The number of ketones is 2. The Bertz CT molecular complexity index is 2360. The number of anilines is 1. The predicted octanol–water partition coefficient (Wildman–Crippen LogP) is 3.29. The molecular formula is C51H69ClN4O16S2. The number of ether oxygens (including phenoxy) is 5. The van der Waals surface area contributed by atoms with Crippen LogP contribution in [0.4, 0.5) is 10.5 Å². The van der Waals surface area contributed by atoms with Gasteiger partial charge in [0.15, 0.2) is 11.5 Å². The standard InChI is InChI=1S/C50H67ClN4O16S.CH2S/c1-27-9-8-10-33(26-57)50(66)24-37(69-48(65)52-50)28(2)45-49(4,71-45)39(23-41(60)54(6)35-19-30(17-27)18-32(25-56)43(35)51)70-47(64)29(3)53(5)40(59)20-31-21-42(61)55(46(31)63)12-14-68-16-15-67-13-11-34-36(58)22-38(72-7)44(34)62;1-2/h8-10,18-19,28-29,31,33-34,37-39,45,56-57,66H,11-17,20-26H2,1-7H3,(H,52,65);1H2/b10-8+,27-9+;/t28-,29+,31?,33+,34?,37+,38?,39+,45+,49+,50+;/m1./s1. The number of thioether (sulfide) groups is 1. The number of nitrogens with one attached hydrogen (secondary N) is 1. The van der Waals surface area contributed by atoms with Crippen LogP contribution in [0.3, 0.4) is 0 Å². The van der Waals surface area contributed by atoms with E-state index in [1.165, 1.54) is 37.7 Å². The zero-order valence-corrected chi connectivity index (χ0v) is 45.3. The first-order valence-corrected chi connectivity index (χ1v) is 26.7. The van der Waals surface area contributed by atoms with Crippen LogP contribution in [0.5, 0.6) is 0 Å². The molecule has 74 heavy (non-hydrogen) atoms. The van der Waals surface area contributed by atoms with Crippen molar-refractivity contribution in [2.45, 2.75) is 120 Å². The highest BCUT2D eigenvalue weighted by Gasteiger charge is 2.64. The number of alkyl carbamates (subject to hydrolysis) is 1. The quantitative estimate of drug-likeness (QED) is 0.0435. The number of fused-ring (bicyclic) bond motifs is 5. The molecule has 0 radical (unpaired) electrons. The normalized spacial score (nSPS) is 30.8. The summed E-state index contributed by atoms with van der Waals surface area (Å²) in [5, 5.41) is 34.7. The topological polar surface area (TPSA) is 268 Å². The molecule has 0 aromatic heterocycles. The van der Waals surface area contributed by atoms with Crippen molar-refractivity contribution in [2.75, 3.05) is 64.8 Å². The maximum absolute atomic E-state index is 14.3. The summed E-state index contributed by atoms with van der Waals surface area (Å²) >= 11 is 12.0. The van der Waals surface area contributed by atoms with Crippen molar-refractivity contribution in [3.8, 4) is 0 Å². The van der Waals surface area contributed by atoms with E-state index < -0.39 is 115 Å². The van der Waals surface area contributed by atoms with Crippen molar-refractivity contribution in [1.29, 1.82) is 0 Å². The number of carbonyl (C=O) groups excluding carboxylic acids is 8. The Morgan fingerprint density at radius 2 is 1.74 bits per heavy atom. The van der Waals surface area contributed by atoms with Crippen LogP contribution in [-0.2, 0) is 70.3 Å². The fourth-order valence-electron chi connectivity index (χ4n) is 9.80. The molecule has 4 N–H and O–H groups in total. The lowest BCUT2D eigenvalue weighted by molar-refractivity contribution is -0.162. The smallest absolute Gasteiger partial charge is 0.409 e. The van der Waals surface area contributed by atoms with Gasteiger partial charge in [0.1, 0.15) is 29.6 Å². The summed E-state index contributed by atoms with van der Waals surface area (Å²) < 4.78 is 29.1. The zero-order valence-electron chi connectivity index (χ0n) is 42.9. The molecule has 4 fully saturated rings. The Balaban J connectivity index is 0.00000501. The van der Waals surface area contributed by atoms with Crippen molar-refractivity contribution >= 4 is 94.4 Å². The van der Waals surface area contributed by atoms with Crippen LogP contribution < -0.4 is 10.2 Å². The molecule has 1 saturated carbocycles. The number of esters is 1. The molecule has 4 aliphatic heterocycles. The van der Waals surface area contributed by atoms with Crippen molar-refractivity contribution in [2.24, 2.45) is 23.7 Å². The molecule has 5 amide bonds. The summed E-state index contributed by atoms with van der Waals surface area (Å²) in [4.78, 5) is 109. The first-order chi connectivity index (χ1) is 35.1. The van der Waals surface area contributed by atoms with Gasteiger partial charge >= 0.3 is 12.1 Å². The fraction of sp³-hybridized carbons (Fsp3) is 0.627. The lowest BCUT2D eigenvalue weighted by Crippen LogP contribution is -2.62. The molecule has 4 heterocycles. The number of amides is 5. The number of aliphatic hydroxyl groups is 3. The van der Waals surface area contributed by atoms with Gasteiger partial charge in [-0.15, -0.1) is 0 Å². The minimum absolute atomic E-state index is 0.00836. The van der Waals surface area contributed by atoms with E-state index in [2.05, 4.69) is 23.4 Å². The number of allylic oxidation sites excluding steroid dienone is 3. The van der Waals surface area contributed by atoms with E-state index in [1.54, 1.807) is 50.5 Å². The molecule has 3 unspecified atom stereocenters. The van der Waals surface area contributed by atoms with Crippen LogP contribution in [-0.4, -0.2) is 179 Å². The minimum Gasteiger partial charge on any atom is -0.457 e. The molecule has 20 nitrogen and oxygen atoms in total. The maximum atomic E-state index is 14.3. The molecule has 5 aliphatic rings. The maximum Gasteiger partial charge on any atom is 0.409 e. The number of hydrogen-bond donors (Lipinski definition) is 4. The van der Waals surface area contributed by atoms with E-state index in [0.29, 0.717) is 24.0 Å². The third-order valence-corrected chi connectivity index (χ3v) is 16.0. The molecular weight excluding hydrogens is 1020 g/mol. The summed E-state index contributed by atoms with van der Waals surface area (Å²) in [5.74, 6) is -3.71. The van der Waals surface area contributed by atoms with E-state index in [9.17, 15) is 53.7 Å². The van der Waals surface area contributed by atoms with Crippen LogP contribution in [0.15, 0.2) is 35.9 Å². The second-order valence-corrected chi connectivity index (χ2v) is 20.9. The second kappa shape index (κ2) is 26.4. The van der Waals surface area contributed by atoms with Crippen molar-refractivity contribution in [1.82, 2.24) is 15.1 Å². The van der Waals surface area contributed by atoms with Crippen molar-refractivity contribution < 1.29 is 77.4 Å². The van der Waals surface area contributed by atoms with Crippen molar-refractivity contribution in [3.05, 3.63) is 52.1 Å². The molecule has 1 aromatic carbocycles. The number of likely N-dealkylation sites (N-methyl/N-ethyl adjacent to an activating group) is 1. The van der Waals surface area contributed by atoms with Crippen LogP contribution in [0.1, 0.15) is 77.3 Å². The van der Waals surface area contributed by atoms with Gasteiger partial charge in [-0.1, -0.05) is 60.6 Å². The van der Waals surface area contributed by atoms with E-state index in [-0.39, 0.29) is 86.2 Å². The van der Waals surface area contributed by atoms with Gasteiger partial charge in [-0.25, -0.2) is 9.59 Å². The third-order valence-electron chi connectivity index (χ3n) is 14.6. The number of rotatable bonds is 17. The Morgan fingerprint density at radius 1 is 1.05 bits per heavy atom. The first-order valence-electron chi connectivity index (χ1n) is 24.4. The summed E-state index contributed by atoms with van der Waals surface area (Å²) in [5.41, 5.74) is -1.14. The molecule has 23 heteroatoms. The molecule has 408 valence electrons. The van der Waals surface area contributed by atoms with E-state index in [1.807, 2.05) is 6.92 Å². The average Bonchev–Trinajstić information content (AvgIpc) is 3.89. The Hall–Kier alpha value is -4.65. The number of nitrogens with zero attached hydrogens (tertiary/aromatic N) is 3. The number of likely N-dealkylation sites (tertiary alicyclic amines) is 1. The summed E-state index contributed by atoms with van der Waals surface area (Å²) in [6.07, 6.45) is 2.46. The lowest BCUT2D eigenvalue weighted by atomic mass is 9.81. The van der Waals surface area contributed by atoms with Gasteiger partial charge in [0, 0.05) is 58.2 Å². The van der Waals surface area contributed by atoms with Crippen LogP contribution in [0.2, 0.25) is 5.02 Å². The highest BCUT2D eigenvalue weighted by atomic mass is 35.5. The number of halogens is 1. The van der Waals surface area contributed by atoms with Gasteiger partial charge in [0.25, 0.3) is 0 Å². The van der Waals surface area contributed by atoms with Gasteiger partial charge in [0.2, 0.25) is 23.6 Å². The fourth-order valence-corrected chi connectivity index (χ4v) is 10.8. The van der Waals surface area contributed by atoms with Gasteiger partial charge in [0.05, 0.1) is 79.9 Å². The van der Waals surface area contributed by atoms with E-state index in [0.717, 1.165) is 15.4 Å². The highest BCUT2D eigenvalue weighted by molar-refractivity contribution is 8.00. The van der Waals surface area contributed by atoms with Crippen molar-refractivity contribution in [3.63, 3.8) is 0 Å². The molecule has 1 aliphatic carbocycles. The van der Waals surface area contributed by atoms with Gasteiger partial charge in [-0.3, -0.25) is 39.0 Å². The Morgan fingerprint density at radius 3 is 2.39 bits per heavy atom. The molecule has 6 rings (SSSR count). The van der Waals surface area contributed by atoms with E-state index in [4.69, 9.17) is 35.3 Å². The van der Waals surface area contributed by atoms with E-state index >= 15 is 0 Å². The van der Waals surface area contributed by atoms with Gasteiger partial charge < -0.3 is 48.8 Å². The number of hydrogen-bond acceptors (Lipinski definition) is 18. The summed E-state index contributed by atoms with van der Waals surface area (Å²) in [6, 6.07) is 2.16. The van der Waals surface area contributed by atoms with Crippen LogP contribution in [0.25, 0.3) is 0 Å².